The number of amides is 1. The van der Waals surface area contributed by atoms with Gasteiger partial charge in [-0.3, -0.25) is 9.78 Å². The zero-order valence-corrected chi connectivity index (χ0v) is 20.7. The molecule has 1 N–H and O–H groups in total. The third-order valence-electron chi connectivity index (χ3n) is 6.69. The highest BCUT2D eigenvalue weighted by atomic mass is 16.5. The molecule has 0 spiro atoms. The average molecular weight is 473 g/mol. The first-order chi connectivity index (χ1) is 16.6. The second-order valence-electron chi connectivity index (χ2n) is 10.2. The molecule has 3 aromatic rings. The fraction of sp³-hybridized carbons (Fsp3) is 0.345. The largest absolute Gasteiger partial charge is 0.487 e. The summed E-state index contributed by atoms with van der Waals surface area (Å²) in [7, 11) is 0. The third kappa shape index (κ3) is 5.53. The van der Waals surface area contributed by atoms with Gasteiger partial charge in [-0.05, 0) is 65.8 Å². The molecule has 0 saturated carbocycles. The molecule has 1 atom stereocenters. The van der Waals surface area contributed by atoms with Crippen LogP contribution in [0.25, 0.3) is 11.1 Å². The first-order valence-electron chi connectivity index (χ1n) is 11.9. The van der Waals surface area contributed by atoms with Crippen LogP contribution in [0.3, 0.4) is 0 Å². The highest BCUT2D eigenvalue weighted by Crippen LogP contribution is 2.41. The van der Waals surface area contributed by atoms with Crippen LogP contribution < -0.4 is 4.74 Å². The van der Waals surface area contributed by atoms with Crippen LogP contribution >= 0.6 is 0 Å². The molecule has 182 valence electrons. The van der Waals surface area contributed by atoms with E-state index in [0.29, 0.717) is 37.4 Å². The van der Waals surface area contributed by atoms with E-state index in [1.54, 1.807) is 19.2 Å². The Labute approximate surface area is 206 Å². The van der Waals surface area contributed by atoms with Gasteiger partial charge in [0, 0.05) is 36.3 Å². The Morgan fingerprint density at radius 1 is 1.11 bits per heavy atom. The number of pyridine rings is 1. The van der Waals surface area contributed by atoms with Gasteiger partial charge in [-0.2, -0.15) is 0 Å². The van der Waals surface area contributed by atoms with Crippen LogP contribution in [0.1, 0.15) is 60.8 Å². The van der Waals surface area contributed by atoms with E-state index < -0.39 is 6.09 Å². The van der Waals surface area contributed by atoms with E-state index in [9.17, 15) is 14.7 Å². The van der Waals surface area contributed by atoms with E-state index in [0.717, 1.165) is 22.4 Å². The van der Waals surface area contributed by atoms with Crippen molar-refractivity contribution in [3.63, 3.8) is 0 Å². The lowest BCUT2D eigenvalue weighted by Gasteiger charge is -2.33. The Kier molecular flexibility index (Phi) is 6.92. The number of ether oxygens (including phenoxy) is 1. The maximum atomic E-state index is 12.1. The molecule has 2 heterocycles. The van der Waals surface area contributed by atoms with Crippen LogP contribution in [-0.4, -0.2) is 40.0 Å². The third-order valence-corrected chi connectivity index (χ3v) is 6.69. The summed E-state index contributed by atoms with van der Waals surface area (Å²) in [5.41, 5.74) is 5.43. The van der Waals surface area contributed by atoms with Gasteiger partial charge in [0.1, 0.15) is 12.4 Å². The van der Waals surface area contributed by atoms with E-state index in [1.165, 1.54) is 10.5 Å². The van der Waals surface area contributed by atoms with Crippen molar-refractivity contribution in [3.8, 4) is 16.9 Å². The van der Waals surface area contributed by atoms with Gasteiger partial charge in [0.25, 0.3) is 0 Å². The highest BCUT2D eigenvalue weighted by molar-refractivity contribution is 5.96. The molecule has 6 nitrogen and oxygen atoms in total. The molecule has 1 aliphatic rings. The number of carbonyl (C=O) groups excluding carboxylic acids is 1. The molecule has 0 bridgehead atoms. The minimum atomic E-state index is -0.883. The minimum absolute atomic E-state index is 0.0119. The first kappa shape index (κ1) is 24.5. The molecule has 6 heteroatoms. The van der Waals surface area contributed by atoms with Crippen molar-refractivity contribution in [2.24, 2.45) is 5.41 Å². The Morgan fingerprint density at radius 2 is 1.91 bits per heavy atom. The number of benzene rings is 2. The summed E-state index contributed by atoms with van der Waals surface area (Å²) in [6, 6.07) is 17.5. The maximum absolute atomic E-state index is 12.1. The molecule has 0 radical (unpaired) electrons. The van der Waals surface area contributed by atoms with E-state index in [1.807, 2.05) is 30.3 Å². The number of Topliss-reactive ketones (excluding diaryl/α,β-unsaturated/α-hetero) is 1. The van der Waals surface area contributed by atoms with Crippen molar-refractivity contribution < 1.29 is 19.4 Å². The van der Waals surface area contributed by atoms with Crippen LogP contribution in [0.5, 0.6) is 5.75 Å². The van der Waals surface area contributed by atoms with E-state index in [-0.39, 0.29) is 17.1 Å². The second-order valence-corrected chi connectivity index (χ2v) is 10.2. The van der Waals surface area contributed by atoms with Gasteiger partial charge in [-0.1, -0.05) is 45.0 Å². The molecular formula is C29H32N2O4. The number of hydrogen-bond acceptors (Lipinski definition) is 4. The smallest absolute Gasteiger partial charge is 0.407 e. The lowest BCUT2D eigenvalue weighted by molar-refractivity contribution is 0.101. The molecular weight excluding hydrogens is 440 g/mol. The Bertz CT molecular complexity index is 1230. The summed E-state index contributed by atoms with van der Waals surface area (Å²) in [5.74, 6) is 0.740. The number of nitrogens with zero attached hydrogens (tertiary/aromatic N) is 2. The number of aromatic nitrogens is 1. The van der Waals surface area contributed by atoms with Gasteiger partial charge in [-0.25, -0.2) is 4.79 Å². The van der Waals surface area contributed by atoms with Gasteiger partial charge in [-0.15, -0.1) is 0 Å². The monoisotopic (exact) mass is 472 g/mol. The second kappa shape index (κ2) is 9.90. The zero-order chi connectivity index (χ0) is 25.2. The Morgan fingerprint density at radius 3 is 2.57 bits per heavy atom. The van der Waals surface area contributed by atoms with Crippen LogP contribution in [0.2, 0.25) is 0 Å². The van der Waals surface area contributed by atoms with Gasteiger partial charge in [0.2, 0.25) is 0 Å². The lowest BCUT2D eigenvalue weighted by Crippen LogP contribution is -2.36. The minimum Gasteiger partial charge on any atom is -0.487 e. The summed E-state index contributed by atoms with van der Waals surface area (Å²) in [5, 5.41) is 9.70. The standard InChI is InChI=1S/C29H32N2O4/c1-19(32)20-9-11-27(35-18-23-7-5-6-13-30-23)25(16-20)21-8-10-24-22(15-21)12-14-31(28(33)34)17-26(24)29(2,3)4/h5-11,13,15-16,26H,12,14,17-18H2,1-4H3,(H,33,34). The summed E-state index contributed by atoms with van der Waals surface area (Å²) in [4.78, 5) is 29.8. The molecule has 1 unspecified atom stereocenters. The van der Waals surface area contributed by atoms with Gasteiger partial charge >= 0.3 is 6.09 Å². The van der Waals surface area contributed by atoms with Crippen molar-refractivity contribution in [1.29, 1.82) is 0 Å². The van der Waals surface area contributed by atoms with E-state index in [2.05, 4.69) is 44.0 Å². The van der Waals surface area contributed by atoms with Crippen molar-refractivity contribution in [3.05, 3.63) is 83.2 Å². The van der Waals surface area contributed by atoms with Gasteiger partial charge < -0.3 is 14.7 Å². The summed E-state index contributed by atoms with van der Waals surface area (Å²) in [6.45, 7) is 9.26. The topological polar surface area (TPSA) is 79.7 Å². The number of fused-ring (bicyclic) bond motifs is 1. The molecule has 0 fully saturated rings. The van der Waals surface area contributed by atoms with Crippen molar-refractivity contribution in [2.45, 2.75) is 46.6 Å². The van der Waals surface area contributed by atoms with Gasteiger partial charge in [0.15, 0.2) is 5.78 Å². The molecule has 4 rings (SSSR count). The van der Waals surface area contributed by atoms with Crippen LogP contribution in [0.15, 0.2) is 60.8 Å². The number of carboxylic acid groups (broad SMARTS) is 1. The quantitative estimate of drug-likeness (QED) is 0.448. The van der Waals surface area contributed by atoms with Gasteiger partial charge in [0.05, 0.1) is 5.69 Å². The zero-order valence-electron chi connectivity index (χ0n) is 20.7. The highest BCUT2D eigenvalue weighted by Gasteiger charge is 2.33. The average Bonchev–Trinajstić information content (AvgIpc) is 3.03. The van der Waals surface area contributed by atoms with Crippen LogP contribution in [0.4, 0.5) is 4.79 Å². The SMILES string of the molecule is CC(=O)c1ccc(OCc2ccccn2)c(-c2ccc3c(c2)CCN(C(=O)O)CC3C(C)(C)C)c1. The summed E-state index contributed by atoms with van der Waals surface area (Å²) in [6.07, 6.45) is 1.49. The van der Waals surface area contributed by atoms with E-state index in [4.69, 9.17) is 4.74 Å². The Hall–Kier alpha value is -3.67. The fourth-order valence-electron chi connectivity index (χ4n) is 4.64. The summed E-state index contributed by atoms with van der Waals surface area (Å²) < 4.78 is 6.15. The molecule has 0 saturated heterocycles. The van der Waals surface area contributed by atoms with E-state index >= 15 is 0 Å². The normalized spacial score (nSPS) is 15.8. The number of ketones is 1. The predicted molar refractivity (Wildman–Crippen MR) is 136 cm³/mol. The number of rotatable bonds is 5. The molecule has 1 aromatic heterocycles. The van der Waals surface area contributed by atoms with Crippen molar-refractivity contribution >= 4 is 11.9 Å². The molecule has 2 aromatic carbocycles. The molecule has 35 heavy (non-hydrogen) atoms. The maximum Gasteiger partial charge on any atom is 0.407 e. The fourth-order valence-corrected chi connectivity index (χ4v) is 4.64. The predicted octanol–water partition coefficient (Wildman–Crippen LogP) is 6.20. The van der Waals surface area contributed by atoms with Crippen LogP contribution in [-0.2, 0) is 13.0 Å². The molecule has 1 aliphatic heterocycles. The number of carbonyl (C=O) groups is 2. The summed E-state index contributed by atoms with van der Waals surface area (Å²) >= 11 is 0. The van der Waals surface area contributed by atoms with Crippen LogP contribution in [0, 0.1) is 5.41 Å². The molecule has 0 aliphatic carbocycles. The van der Waals surface area contributed by atoms with Crippen molar-refractivity contribution in [1.82, 2.24) is 9.88 Å². The molecule has 1 amide bonds. The van der Waals surface area contributed by atoms with Crippen molar-refractivity contribution in [2.75, 3.05) is 13.1 Å². The Balaban J connectivity index is 1.75. The number of hydrogen-bond donors (Lipinski definition) is 1. The first-order valence-corrected chi connectivity index (χ1v) is 11.9. The lowest BCUT2D eigenvalue weighted by atomic mass is 9.74.